The summed E-state index contributed by atoms with van der Waals surface area (Å²) in [5.74, 6) is 2.48. The molecule has 5 heteroatoms. The molecule has 1 N–H and O–H groups in total. The summed E-state index contributed by atoms with van der Waals surface area (Å²) in [6.07, 6.45) is 5.89. The molecule has 0 radical (unpaired) electrons. The first-order valence-electron chi connectivity index (χ1n) is 8.21. The molecule has 0 spiro atoms. The lowest BCUT2D eigenvalue weighted by Gasteiger charge is -2.13. The van der Waals surface area contributed by atoms with Crippen LogP contribution in [0.1, 0.15) is 12.2 Å². The van der Waals surface area contributed by atoms with Crippen LogP contribution in [0.25, 0.3) is 17.2 Å². The fraction of sp³-hybridized carbons (Fsp3) is 0.211. The molecule has 120 valence electrons. The predicted molar refractivity (Wildman–Crippen MR) is 93.9 cm³/mol. The van der Waals surface area contributed by atoms with E-state index in [4.69, 9.17) is 10.1 Å². The van der Waals surface area contributed by atoms with E-state index in [1.54, 1.807) is 6.20 Å². The Morgan fingerprint density at radius 3 is 2.67 bits per heavy atom. The van der Waals surface area contributed by atoms with E-state index in [1.807, 2.05) is 53.2 Å². The number of nitrogens with one attached hydrogen (secondary N) is 1. The molecule has 24 heavy (non-hydrogen) atoms. The summed E-state index contributed by atoms with van der Waals surface area (Å²) in [6, 6.07) is 15.9. The van der Waals surface area contributed by atoms with Crippen LogP contribution >= 0.6 is 0 Å². The average molecular weight is 317 g/mol. The summed E-state index contributed by atoms with van der Waals surface area (Å²) in [6.45, 7) is 1.95. The van der Waals surface area contributed by atoms with Crippen LogP contribution in [-0.2, 0) is 6.42 Å². The Bertz CT molecular complexity index is 837. The van der Waals surface area contributed by atoms with Crippen LogP contribution in [0.4, 0.5) is 0 Å². The second-order valence-corrected chi connectivity index (χ2v) is 5.81. The molecule has 1 aliphatic rings. The maximum atomic E-state index is 4.80. The van der Waals surface area contributed by atoms with Gasteiger partial charge in [0.15, 0.2) is 11.6 Å². The molecule has 0 atom stereocenters. The lowest BCUT2D eigenvalue weighted by Crippen LogP contribution is -2.21. The second-order valence-electron chi connectivity index (χ2n) is 5.81. The lowest BCUT2D eigenvalue weighted by atomic mass is 10.1. The summed E-state index contributed by atoms with van der Waals surface area (Å²) in [5.41, 5.74) is 2.42. The Hall–Kier alpha value is -2.79. The molecule has 0 saturated heterocycles. The van der Waals surface area contributed by atoms with Crippen LogP contribution in [0.2, 0.25) is 0 Å². The smallest absolute Gasteiger partial charge is 0.181 e. The third-order valence-electron chi connectivity index (χ3n) is 4.12. The van der Waals surface area contributed by atoms with Crippen LogP contribution in [0.3, 0.4) is 0 Å². The van der Waals surface area contributed by atoms with Gasteiger partial charge < -0.3 is 5.32 Å². The average Bonchev–Trinajstić information content (AvgIpc) is 3.08. The van der Waals surface area contributed by atoms with Crippen LogP contribution in [0.5, 0.6) is 0 Å². The van der Waals surface area contributed by atoms with Crippen LogP contribution in [0.15, 0.2) is 66.4 Å². The van der Waals surface area contributed by atoms with Crippen molar-refractivity contribution in [2.75, 3.05) is 13.1 Å². The maximum absolute atomic E-state index is 4.80. The summed E-state index contributed by atoms with van der Waals surface area (Å²) in [7, 11) is 0. The summed E-state index contributed by atoms with van der Waals surface area (Å²) in [4.78, 5) is 9.24. The summed E-state index contributed by atoms with van der Waals surface area (Å²) < 4.78 is 1.87. The van der Waals surface area contributed by atoms with Crippen molar-refractivity contribution in [3.63, 3.8) is 0 Å². The van der Waals surface area contributed by atoms with E-state index >= 15 is 0 Å². The standard InChI is InChI=1S/C19H19N5/c1-2-6-16(7-3-1)19-22-18(14-15-9-12-20-13-10-15)24(23-19)17-8-4-5-11-21-17/h1-9,11,20H,10,12-14H2. The van der Waals surface area contributed by atoms with E-state index in [0.29, 0.717) is 0 Å². The highest BCUT2D eigenvalue weighted by atomic mass is 15.4. The molecular formula is C19H19N5. The zero-order valence-electron chi connectivity index (χ0n) is 13.4. The minimum Gasteiger partial charge on any atom is -0.313 e. The van der Waals surface area contributed by atoms with Crippen LogP contribution in [-0.4, -0.2) is 32.8 Å². The van der Waals surface area contributed by atoms with Gasteiger partial charge in [-0.2, -0.15) is 4.68 Å². The lowest BCUT2D eigenvalue weighted by molar-refractivity contribution is 0.678. The largest absolute Gasteiger partial charge is 0.313 e. The Morgan fingerprint density at radius 2 is 1.92 bits per heavy atom. The van der Waals surface area contributed by atoms with E-state index in [0.717, 1.165) is 49.0 Å². The molecule has 2 aromatic heterocycles. The van der Waals surface area contributed by atoms with Crippen molar-refractivity contribution in [2.45, 2.75) is 12.8 Å². The van der Waals surface area contributed by atoms with E-state index in [2.05, 4.69) is 16.4 Å². The minimum absolute atomic E-state index is 0.741. The molecule has 0 unspecified atom stereocenters. The van der Waals surface area contributed by atoms with E-state index in [-0.39, 0.29) is 0 Å². The third kappa shape index (κ3) is 3.12. The topological polar surface area (TPSA) is 55.6 Å². The van der Waals surface area contributed by atoms with Crippen molar-refractivity contribution in [3.05, 3.63) is 72.2 Å². The SMILES string of the molecule is C1=C(Cc2nc(-c3ccccc3)nn2-c2ccccn2)CCNC1. The van der Waals surface area contributed by atoms with E-state index in [9.17, 15) is 0 Å². The predicted octanol–water partition coefficient (Wildman–Crippen LogP) is 2.79. The Labute approximate surface area is 141 Å². The summed E-state index contributed by atoms with van der Waals surface area (Å²) >= 11 is 0. The molecule has 4 rings (SSSR count). The highest BCUT2D eigenvalue weighted by molar-refractivity contribution is 5.54. The highest BCUT2D eigenvalue weighted by Crippen LogP contribution is 2.20. The zero-order valence-corrected chi connectivity index (χ0v) is 13.4. The van der Waals surface area contributed by atoms with Crippen LogP contribution < -0.4 is 5.32 Å². The molecule has 0 fully saturated rings. The molecule has 3 heterocycles. The van der Waals surface area contributed by atoms with Crippen molar-refractivity contribution in [3.8, 4) is 17.2 Å². The maximum Gasteiger partial charge on any atom is 0.181 e. The molecule has 0 saturated carbocycles. The Kier molecular flexibility index (Phi) is 4.16. The molecule has 0 aliphatic carbocycles. The highest BCUT2D eigenvalue weighted by Gasteiger charge is 2.15. The quantitative estimate of drug-likeness (QED) is 0.752. The molecule has 5 nitrogen and oxygen atoms in total. The third-order valence-corrected chi connectivity index (χ3v) is 4.12. The molecule has 0 amide bonds. The van der Waals surface area contributed by atoms with Gasteiger partial charge in [-0.05, 0) is 25.1 Å². The van der Waals surface area contributed by atoms with E-state index < -0.39 is 0 Å². The van der Waals surface area contributed by atoms with Crippen molar-refractivity contribution in [1.82, 2.24) is 25.1 Å². The van der Waals surface area contributed by atoms with Crippen molar-refractivity contribution >= 4 is 0 Å². The van der Waals surface area contributed by atoms with Gasteiger partial charge in [0.05, 0.1) is 0 Å². The number of nitrogens with zero attached hydrogens (tertiary/aromatic N) is 4. The van der Waals surface area contributed by atoms with Gasteiger partial charge in [0.25, 0.3) is 0 Å². The van der Waals surface area contributed by atoms with Gasteiger partial charge in [-0.25, -0.2) is 9.97 Å². The molecule has 1 aliphatic heterocycles. The normalized spacial score (nSPS) is 14.4. The first-order valence-corrected chi connectivity index (χ1v) is 8.21. The summed E-state index contributed by atoms with van der Waals surface area (Å²) in [5, 5.41) is 8.06. The van der Waals surface area contributed by atoms with Gasteiger partial charge in [-0.3, -0.25) is 0 Å². The zero-order chi connectivity index (χ0) is 16.2. The number of pyridine rings is 1. The monoisotopic (exact) mass is 317 g/mol. The molecule has 1 aromatic carbocycles. The minimum atomic E-state index is 0.741. The molecule has 3 aromatic rings. The number of hydrogen-bond acceptors (Lipinski definition) is 4. The van der Waals surface area contributed by atoms with Gasteiger partial charge >= 0.3 is 0 Å². The molecule has 0 bridgehead atoms. The van der Waals surface area contributed by atoms with Gasteiger partial charge in [0, 0.05) is 24.7 Å². The number of benzene rings is 1. The van der Waals surface area contributed by atoms with Gasteiger partial charge in [-0.1, -0.05) is 48.0 Å². The van der Waals surface area contributed by atoms with Gasteiger partial charge in [-0.15, -0.1) is 5.10 Å². The first-order chi connectivity index (χ1) is 11.9. The fourth-order valence-corrected chi connectivity index (χ4v) is 2.86. The molecular weight excluding hydrogens is 298 g/mol. The van der Waals surface area contributed by atoms with E-state index in [1.165, 1.54) is 5.57 Å². The van der Waals surface area contributed by atoms with Crippen LogP contribution in [0, 0.1) is 0 Å². The second kappa shape index (κ2) is 6.76. The Balaban J connectivity index is 1.75. The van der Waals surface area contributed by atoms with Gasteiger partial charge in [0.2, 0.25) is 0 Å². The number of rotatable bonds is 4. The Morgan fingerprint density at radius 1 is 1.04 bits per heavy atom. The number of aromatic nitrogens is 4. The van der Waals surface area contributed by atoms with Crippen molar-refractivity contribution in [2.24, 2.45) is 0 Å². The van der Waals surface area contributed by atoms with Crippen molar-refractivity contribution < 1.29 is 0 Å². The number of hydrogen-bond donors (Lipinski definition) is 1. The van der Waals surface area contributed by atoms with Gasteiger partial charge in [0.1, 0.15) is 5.82 Å². The first kappa shape index (κ1) is 14.8. The van der Waals surface area contributed by atoms with Crippen molar-refractivity contribution in [1.29, 1.82) is 0 Å². The fourth-order valence-electron chi connectivity index (χ4n) is 2.86.